The highest BCUT2D eigenvalue weighted by atomic mass is 16.3. The van der Waals surface area contributed by atoms with Gasteiger partial charge in [-0.3, -0.25) is 4.57 Å². The van der Waals surface area contributed by atoms with Gasteiger partial charge >= 0.3 is 0 Å². The van der Waals surface area contributed by atoms with Crippen molar-refractivity contribution in [2.75, 3.05) is 0 Å². The first-order valence-electron chi connectivity index (χ1n) is 14.0. The molecule has 0 atom stereocenters. The molecular formula is C37H22N4O. The van der Waals surface area contributed by atoms with Crippen molar-refractivity contribution in [3.63, 3.8) is 0 Å². The summed E-state index contributed by atoms with van der Waals surface area (Å²) in [5.41, 5.74) is 5.71. The Balaban J connectivity index is 1.41. The van der Waals surface area contributed by atoms with Gasteiger partial charge < -0.3 is 4.42 Å². The van der Waals surface area contributed by atoms with E-state index in [1.54, 1.807) is 0 Å². The molecule has 0 N–H and O–H groups in total. The molecule has 5 nitrogen and oxygen atoms in total. The molecule has 0 spiro atoms. The first kappa shape index (κ1) is 22.9. The zero-order valence-electron chi connectivity index (χ0n) is 22.4. The lowest BCUT2D eigenvalue weighted by Crippen LogP contribution is -2.06. The standard InChI is InChI=1S/C37H22N4O/c1-2-12-23(13-3-1)35-38-36(40-37(39-35)41-31-19-9-6-15-25(31)26-16-7-10-20-32(26)41)30-22-29-27-17-8-11-21-33(27)42-34(29)28-18-5-4-14-24(28)30/h1-22H. The molecule has 0 unspecified atom stereocenters. The summed E-state index contributed by atoms with van der Waals surface area (Å²) in [4.78, 5) is 15.4. The van der Waals surface area contributed by atoms with E-state index < -0.39 is 0 Å². The highest BCUT2D eigenvalue weighted by Crippen LogP contribution is 2.39. The van der Waals surface area contributed by atoms with Gasteiger partial charge in [0.1, 0.15) is 11.2 Å². The Kier molecular flexibility index (Phi) is 4.83. The van der Waals surface area contributed by atoms with Crippen LogP contribution in [0.15, 0.2) is 138 Å². The Morgan fingerprint density at radius 3 is 1.76 bits per heavy atom. The SMILES string of the molecule is c1ccc(-c2nc(-c3cc4c5ccccc5oc4c4ccccc34)nc(-n3c4ccccc4c4ccccc43)n2)cc1. The molecule has 5 heteroatoms. The van der Waals surface area contributed by atoms with Gasteiger partial charge in [0.05, 0.1) is 11.0 Å². The van der Waals surface area contributed by atoms with Gasteiger partial charge in [-0.2, -0.15) is 9.97 Å². The summed E-state index contributed by atoms with van der Waals surface area (Å²) >= 11 is 0. The highest BCUT2D eigenvalue weighted by Gasteiger charge is 2.20. The van der Waals surface area contributed by atoms with Crippen LogP contribution >= 0.6 is 0 Å². The first-order valence-corrected chi connectivity index (χ1v) is 14.0. The molecule has 196 valence electrons. The lowest BCUT2D eigenvalue weighted by atomic mass is 9.99. The molecule has 0 aliphatic carbocycles. The molecule has 0 aliphatic heterocycles. The van der Waals surface area contributed by atoms with Crippen LogP contribution in [0.25, 0.3) is 83.2 Å². The van der Waals surface area contributed by atoms with E-state index in [-0.39, 0.29) is 0 Å². The van der Waals surface area contributed by atoms with Crippen LogP contribution in [0.3, 0.4) is 0 Å². The van der Waals surface area contributed by atoms with Crippen molar-refractivity contribution >= 4 is 54.5 Å². The van der Waals surface area contributed by atoms with Crippen molar-refractivity contribution in [2.45, 2.75) is 0 Å². The minimum absolute atomic E-state index is 0.581. The van der Waals surface area contributed by atoms with E-state index in [1.165, 1.54) is 0 Å². The normalized spacial score (nSPS) is 11.8. The van der Waals surface area contributed by atoms with Crippen LogP contribution in [-0.4, -0.2) is 19.5 Å². The number of benzene rings is 6. The molecule has 9 rings (SSSR count). The minimum atomic E-state index is 0.581. The first-order chi connectivity index (χ1) is 20.8. The predicted octanol–water partition coefficient (Wildman–Crippen LogP) is 9.36. The lowest BCUT2D eigenvalue weighted by Gasteiger charge is -2.12. The van der Waals surface area contributed by atoms with E-state index >= 15 is 0 Å². The van der Waals surface area contributed by atoms with Crippen molar-refractivity contribution in [1.82, 2.24) is 19.5 Å². The Hall–Kier alpha value is -5.81. The number of furan rings is 1. The van der Waals surface area contributed by atoms with Gasteiger partial charge in [-0.1, -0.05) is 109 Å². The summed E-state index contributed by atoms with van der Waals surface area (Å²) in [6, 6.07) is 45.6. The number of fused-ring (bicyclic) bond motifs is 8. The fraction of sp³-hybridized carbons (Fsp3) is 0. The minimum Gasteiger partial charge on any atom is -0.455 e. The Morgan fingerprint density at radius 2 is 1.02 bits per heavy atom. The third-order valence-corrected chi connectivity index (χ3v) is 8.06. The fourth-order valence-electron chi connectivity index (χ4n) is 6.17. The van der Waals surface area contributed by atoms with Gasteiger partial charge in [-0.05, 0) is 29.7 Å². The van der Waals surface area contributed by atoms with Crippen LogP contribution in [0.2, 0.25) is 0 Å². The van der Waals surface area contributed by atoms with Gasteiger partial charge in [0.25, 0.3) is 0 Å². The molecule has 0 saturated carbocycles. The Morgan fingerprint density at radius 1 is 0.452 bits per heavy atom. The van der Waals surface area contributed by atoms with Gasteiger partial charge in [-0.25, -0.2) is 4.98 Å². The lowest BCUT2D eigenvalue weighted by molar-refractivity contribution is 0.672. The summed E-state index contributed by atoms with van der Waals surface area (Å²) in [5, 5.41) is 6.49. The van der Waals surface area contributed by atoms with E-state index in [2.05, 4.69) is 77.4 Å². The second-order valence-electron chi connectivity index (χ2n) is 10.5. The summed E-state index contributed by atoms with van der Waals surface area (Å²) in [6.07, 6.45) is 0. The topological polar surface area (TPSA) is 56.7 Å². The van der Waals surface area contributed by atoms with Crippen molar-refractivity contribution in [2.24, 2.45) is 0 Å². The molecule has 3 aromatic heterocycles. The monoisotopic (exact) mass is 538 g/mol. The Bertz CT molecular complexity index is 2420. The summed E-state index contributed by atoms with van der Waals surface area (Å²) in [7, 11) is 0. The number of para-hydroxylation sites is 3. The number of nitrogens with zero attached hydrogens (tertiary/aromatic N) is 4. The molecule has 0 amide bonds. The third-order valence-electron chi connectivity index (χ3n) is 8.06. The van der Waals surface area contributed by atoms with Gasteiger partial charge in [0.15, 0.2) is 11.6 Å². The van der Waals surface area contributed by atoms with Crippen molar-refractivity contribution in [3.8, 4) is 28.7 Å². The molecule has 3 heterocycles. The Labute approximate surface area is 240 Å². The molecule has 0 radical (unpaired) electrons. The third kappa shape index (κ3) is 3.34. The van der Waals surface area contributed by atoms with Crippen LogP contribution in [0.5, 0.6) is 0 Å². The number of hydrogen-bond donors (Lipinski definition) is 0. The maximum absolute atomic E-state index is 6.37. The van der Waals surface area contributed by atoms with Crippen LogP contribution in [0.1, 0.15) is 0 Å². The van der Waals surface area contributed by atoms with E-state index in [1.807, 2.05) is 60.7 Å². The number of rotatable bonds is 3. The maximum atomic E-state index is 6.37. The van der Waals surface area contributed by atoms with E-state index in [0.29, 0.717) is 17.6 Å². The largest absolute Gasteiger partial charge is 0.455 e. The van der Waals surface area contributed by atoms with E-state index in [4.69, 9.17) is 19.4 Å². The summed E-state index contributed by atoms with van der Waals surface area (Å²) in [6.45, 7) is 0. The van der Waals surface area contributed by atoms with Gasteiger partial charge in [0.2, 0.25) is 5.95 Å². The molecule has 0 saturated heterocycles. The van der Waals surface area contributed by atoms with E-state index in [9.17, 15) is 0 Å². The second-order valence-corrected chi connectivity index (χ2v) is 10.5. The zero-order valence-corrected chi connectivity index (χ0v) is 22.4. The van der Waals surface area contributed by atoms with Crippen molar-refractivity contribution in [1.29, 1.82) is 0 Å². The van der Waals surface area contributed by atoms with E-state index in [0.717, 1.165) is 65.6 Å². The molecular weight excluding hydrogens is 516 g/mol. The number of hydrogen-bond acceptors (Lipinski definition) is 4. The molecule has 9 aromatic rings. The average Bonchev–Trinajstić information content (AvgIpc) is 3.61. The van der Waals surface area contributed by atoms with Crippen LogP contribution in [0.4, 0.5) is 0 Å². The fourth-order valence-corrected chi connectivity index (χ4v) is 6.17. The molecule has 6 aromatic carbocycles. The van der Waals surface area contributed by atoms with Crippen LogP contribution in [0, 0.1) is 0 Å². The van der Waals surface area contributed by atoms with Crippen LogP contribution < -0.4 is 0 Å². The zero-order chi connectivity index (χ0) is 27.6. The predicted molar refractivity (Wildman–Crippen MR) is 170 cm³/mol. The molecule has 0 aliphatic rings. The van der Waals surface area contributed by atoms with Crippen molar-refractivity contribution < 1.29 is 4.42 Å². The number of aromatic nitrogens is 4. The average molecular weight is 539 g/mol. The summed E-state index contributed by atoms with van der Waals surface area (Å²) < 4.78 is 8.52. The molecule has 42 heavy (non-hydrogen) atoms. The molecule has 0 fully saturated rings. The quantitative estimate of drug-likeness (QED) is 0.225. The van der Waals surface area contributed by atoms with Crippen molar-refractivity contribution in [3.05, 3.63) is 133 Å². The summed E-state index contributed by atoms with van der Waals surface area (Å²) in [5.74, 6) is 1.82. The maximum Gasteiger partial charge on any atom is 0.238 e. The van der Waals surface area contributed by atoms with Gasteiger partial charge in [-0.15, -0.1) is 0 Å². The van der Waals surface area contributed by atoms with Gasteiger partial charge in [0, 0.05) is 38.1 Å². The second kappa shape index (κ2) is 8.85. The highest BCUT2D eigenvalue weighted by molar-refractivity contribution is 6.18. The van der Waals surface area contributed by atoms with Crippen LogP contribution in [-0.2, 0) is 0 Å². The molecule has 0 bridgehead atoms. The smallest absolute Gasteiger partial charge is 0.238 e.